The van der Waals surface area contributed by atoms with Crippen LogP contribution < -0.4 is 5.32 Å². The smallest absolute Gasteiger partial charge is 0.0491 e. The molecule has 1 aromatic carbocycles. The monoisotopic (exact) mass is 281 g/mol. The first-order chi connectivity index (χ1) is 10.2. The van der Waals surface area contributed by atoms with E-state index in [-0.39, 0.29) is 0 Å². The lowest BCUT2D eigenvalue weighted by Crippen LogP contribution is -2.45. The maximum absolute atomic E-state index is 4.28. The van der Waals surface area contributed by atoms with Gasteiger partial charge in [0.1, 0.15) is 0 Å². The van der Waals surface area contributed by atoms with Crippen molar-refractivity contribution >= 4 is 0 Å². The van der Waals surface area contributed by atoms with E-state index in [0.717, 1.165) is 26.2 Å². The maximum Gasteiger partial charge on any atom is 0.0491 e. The molecular weight excluding hydrogens is 258 g/mol. The van der Waals surface area contributed by atoms with Crippen LogP contribution in [0.2, 0.25) is 0 Å². The molecule has 2 heterocycles. The van der Waals surface area contributed by atoms with E-state index in [0.29, 0.717) is 6.04 Å². The molecule has 110 valence electrons. The first-order valence-electron chi connectivity index (χ1n) is 7.65. The van der Waals surface area contributed by atoms with Crippen LogP contribution in [0, 0.1) is 13.8 Å². The third-order valence-corrected chi connectivity index (χ3v) is 4.30. The summed E-state index contributed by atoms with van der Waals surface area (Å²) in [5.41, 5.74) is 5.45. The predicted molar refractivity (Wildman–Crippen MR) is 86.2 cm³/mol. The van der Waals surface area contributed by atoms with Crippen LogP contribution in [-0.2, 0) is 6.54 Å². The van der Waals surface area contributed by atoms with E-state index in [2.05, 4.69) is 53.3 Å². The first kappa shape index (κ1) is 14.2. The maximum atomic E-state index is 4.28. The van der Waals surface area contributed by atoms with E-state index in [1.165, 1.54) is 22.3 Å². The Kier molecular flexibility index (Phi) is 4.32. The van der Waals surface area contributed by atoms with Gasteiger partial charge in [0.15, 0.2) is 0 Å². The summed E-state index contributed by atoms with van der Waals surface area (Å²) in [5.74, 6) is 0. The highest BCUT2D eigenvalue weighted by Gasteiger charge is 2.24. The molecule has 3 heteroatoms. The van der Waals surface area contributed by atoms with Crippen LogP contribution in [-0.4, -0.2) is 29.5 Å². The van der Waals surface area contributed by atoms with Gasteiger partial charge >= 0.3 is 0 Å². The number of benzene rings is 1. The SMILES string of the molecule is Cc1ccc(C)c(CN2CCNCC2c2cccnc2)c1. The Morgan fingerprint density at radius 3 is 3.00 bits per heavy atom. The van der Waals surface area contributed by atoms with Crippen molar-refractivity contribution in [3.05, 3.63) is 65.0 Å². The van der Waals surface area contributed by atoms with Gasteiger partial charge in [-0.15, -0.1) is 0 Å². The summed E-state index contributed by atoms with van der Waals surface area (Å²) in [4.78, 5) is 6.84. The topological polar surface area (TPSA) is 28.2 Å². The lowest BCUT2D eigenvalue weighted by atomic mass is 10.0. The van der Waals surface area contributed by atoms with E-state index < -0.39 is 0 Å². The van der Waals surface area contributed by atoms with Gasteiger partial charge in [-0.3, -0.25) is 9.88 Å². The fourth-order valence-corrected chi connectivity index (χ4v) is 3.03. The Morgan fingerprint density at radius 1 is 1.29 bits per heavy atom. The molecule has 21 heavy (non-hydrogen) atoms. The highest BCUT2D eigenvalue weighted by Crippen LogP contribution is 2.24. The van der Waals surface area contributed by atoms with Crippen molar-refractivity contribution in [2.24, 2.45) is 0 Å². The van der Waals surface area contributed by atoms with Crippen molar-refractivity contribution in [2.75, 3.05) is 19.6 Å². The van der Waals surface area contributed by atoms with E-state index in [9.17, 15) is 0 Å². The minimum absolute atomic E-state index is 0.410. The molecule has 1 saturated heterocycles. The average molecular weight is 281 g/mol. The van der Waals surface area contributed by atoms with Crippen molar-refractivity contribution in [2.45, 2.75) is 26.4 Å². The minimum Gasteiger partial charge on any atom is -0.314 e. The molecular formula is C18H23N3. The number of aryl methyl sites for hydroxylation is 2. The number of hydrogen-bond donors (Lipinski definition) is 1. The Morgan fingerprint density at radius 2 is 2.19 bits per heavy atom. The molecule has 0 bridgehead atoms. The molecule has 3 rings (SSSR count). The molecule has 1 unspecified atom stereocenters. The molecule has 0 aliphatic carbocycles. The molecule has 0 saturated carbocycles. The van der Waals surface area contributed by atoms with E-state index in [1.54, 1.807) is 0 Å². The number of nitrogens with one attached hydrogen (secondary N) is 1. The summed E-state index contributed by atoms with van der Waals surface area (Å²) in [7, 11) is 0. The van der Waals surface area contributed by atoms with Gasteiger partial charge in [-0.1, -0.05) is 29.8 Å². The zero-order chi connectivity index (χ0) is 14.7. The normalized spacial score (nSPS) is 19.6. The molecule has 3 nitrogen and oxygen atoms in total. The van der Waals surface area contributed by atoms with Gasteiger partial charge < -0.3 is 5.32 Å². The zero-order valence-corrected chi connectivity index (χ0v) is 12.8. The molecule has 1 N–H and O–H groups in total. The van der Waals surface area contributed by atoms with Crippen molar-refractivity contribution in [1.82, 2.24) is 15.2 Å². The van der Waals surface area contributed by atoms with Crippen molar-refractivity contribution in [3.8, 4) is 0 Å². The number of hydrogen-bond acceptors (Lipinski definition) is 3. The second-order valence-electron chi connectivity index (χ2n) is 5.91. The zero-order valence-electron chi connectivity index (χ0n) is 12.8. The third kappa shape index (κ3) is 3.31. The summed E-state index contributed by atoms with van der Waals surface area (Å²) in [6.07, 6.45) is 3.84. The van der Waals surface area contributed by atoms with Gasteiger partial charge in [0, 0.05) is 44.6 Å². The second kappa shape index (κ2) is 6.37. The van der Waals surface area contributed by atoms with Crippen LogP contribution in [0.3, 0.4) is 0 Å². The lowest BCUT2D eigenvalue weighted by Gasteiger charge is -2.36. The summed E-state index contributed by atoms with van der Waals surface area (Å²) in [6.45, 7) is 8.51. The number of nitrogens with zero attached hydrogens (tertiary/aromatic N) is 2. The molecule has 0 radical (unpaired) electrons. The van der Waals surface area contributed by atoms with Gasteiger partial charge in [0.2, 0.25) is 0 Å². The fourth-order valence-electron chi connectivity index (χ4n) is 3.03. The molecule has 2 aromatic rings. The summed E-state index contributed by atoms with van der Waals surface area (Å²) in [6, 6.07) is 11.4. The summed E-state index contributed by atoms with van der Waals surface area (Å²) in [5, 5.41) is 3.51. The van der Waals surface area contributed by atoms with Crippen LogP contribution in [0.4, 0.5) is 0 Å². The lowest BCUT2D eigenvalue weighted by molar-refractivity contribution is 0.153. The highest BCUT2D eigenvalue weighted by atomic mass is 15.2. The van der Waals surface area contributed by atoms with Crippen LogP contribution in [0.15, 0.2) is 42.7 Å². The van der Waals surface area contributed by atoms with Crippen LogP contribution in [0.25, 0.3) is 0 Å². The molecule has 0 amide bonds. The predicted octanol–water partition coefficient (Wildman–Crippen LogP) is 2.84. The Balaban J connectivity index is 1.83. The van der Waals surface area contributed by atoms with Crippen LogP contribution in [0.5, 0.6) is 0 Å². The molecule has 1 fully saturated rings. The summed E-state index contributed by atoms with van der Waals surface area (Å²) < 4.78 is 0. The number of aromatic nitrogens is 1. The number of piperazine rings is 1. The second-order valence-corrected chi connectivity index (χ2v) is 5.91. The Hall–Kier alpha value is -1.71. The molecule has 0 spiro atoms. The molecule has 1 aromatic heterocycles. The van der Waals surface area contributed by atoms with Crippen LogP contribution >= 0.6 is 0 Å². The molecule has 1 atom stereocenters. The largest absolute Gasteiger partial charge is 0.314 e. The van der Waals surface area contributed by atoms with Crippen molar-refractivity contribution in [1.29, 1.82) is 0 Å². The first-order valence-corrected chi connectivity index (χ1v) is 7.65. The van der Waals surface area contributed by atoms with Gasteiger partial charge in [0.25, 0.3) is 0 Å². The Bertz CT molecular complexity index is 595. The van der Waals surface area contributed by atoms with Crippen molar-refractivity contribution in [3.63, 3.8) is 0 Å². The van der Waals surface area contributed by atoms with Gasteiger partial charge in [-0.25, -0.2) is 0 Å². The fraction of sp³-hybridized carbons (Fsp3) is 0.389. The van der Waals surface area contributed by atoms with Crippen LogP contribution in [0.1, 0.15) is 28.3 Å². The van der Waals surface area contributed by atoms with Gasteiger partial charge in [-0.2, -0.15) is 0 Å². The average Bonchev–Trinajstić information content (AvgIpc) is 2.52. The number of pyridine rings is 1. The van der Waals surface area contributed by atoms with E-state index in [1.807, 2.05) is 18.5 Å². The quantitative estimate of drug-likeness (QED) is 0.937. The Labute approximate surface area is 127 Å². The highest BCUT2D eigenvalue weighted by molar-refractivity contribution is 5.30. The minimum atomic E-state index is 0.410. The molecule has 1 aliphatic heterocycles. The standard InChI is InChI=1S/C18H23N3/c1-14-5-6-15(2)17(10-14)13-21-9-8-20-12-18(21)16-4-3-7-19-11-16/h3-7,10-11,18,20H,8-9,12-13H2,1-2H3. The van der Waals surface area contributed by atoms with E-state index >= 15 is 0 Å². The summed E-state index contributed by atoms with van der Waals surface area (Å²) >= 11 is 0. The van der Waals surface area contributed by atoms with Gasteiger partial charge in [0.05, 0.1) is 0 Å². The molecule has 1 aliphatic rings. The van der Waals surface area contributed by atoms with Gasteiger partial charge in [-0.05, 0) is 36.6 Å². The van der Waals surface area contributed by atoms with Crippen molar-refractivity contribution < 1.29 is 0 Å². The number of rotatable bonds is 3. The van der Waals surface area contributed by atoms with E-state index in [4.69, 9.17) is 0 Å². The third-order valence-electron chi connectivity index (χ3n) is 4.30.